The van der Waals surface area contributed by atoms with Gasteiger partial charge in [0.2, 0.25) is 5.91 Å². The third-order valence-corrected chi connectivity index (χ3v) is 8.90. The number of hydrogen-bond acceptors (Lipinski definition) is 6. The van der Waals surface area contributed by atoms with Gasteiger partial charge in [0.15, 0.2) is 9.84 Å². The molecule has 2 amide bonds. The van der Waals surface area contributed by atoms with Crippen LogP contribution in [0.1, 0.15) is 41.1 Å². The topological polar surface area (TPSA) is 113 Å². The second-order valence-electron chi connectivity index (χ2n) is 10.1. The van der Waals surface area contributed by atoms with Crippen molar-refractivity contribution in [2.24, 2.45) is 0 Å². The fourth-order valence-electron chi connectivity index (χ4n) is 4.91. The number of para-hydroxylation sites is 1. The molecule has 0 unspecified atom stereocenters. The van der Waals surface area contributed by atoms with Gasteiger partial charge in [-0.1, -0.05) is 30.3 Å². The summed E-state index contributed by atoms with van der Waals surface area (Å²) in [6.45, 7) is 0.903. The van der Waals surface area contributed by atoms with Gasteiger partial charge in [-0.3, -0.25) is 9.59 Å². The predicted molar refractivity (Wildman–Crippen MR) is 145 cm³/mol. The molecule has 2 aliphatic rings. The summed E-state index contributed by atoms with van der Waals surface area (Å²) in [5, 5.41) is 10.6. The lowest BCUT2D eigenvalue weighted by Gasteiger charge is -2.30. The van der Waals surface area contributed by atoms with Gasteiger partial charge < -0.3 is 15.5 Å². The molecule has 2 aromatic carbocycles. The van der Waals surface area contributed by atoms with E-state index in [0.29, 0.717) is 36.9 Å². The number of sulfone groups is 1. The minimum atomic E-state index is -3.14. The Hall–Kier alpha value is -3.57. The van der Waals surface area contributed by atoms with Crippen LogP contribution in [-0.4, -0.2) is 78.1 Å². The lowest BCUT2D eigenvalue weighted by molar-refractivity contribution is -0.133. The van der Waals surface area contributed by atoms with Crippen LogP contribution in [0.5, 0.6) is 0 Å². The van der Waals surface area contributed by atoms with E-state index in [2.05, 4.69) is 15.7 Å². The highest BCUT2D eigenvalue weighted by Crippen LogP contribution is 2.40. The molecule has 1 aromatic heterocycles. The average molecular weight is 554 g/mol. The SMILES string of the molecule is O=C(N[C@@H](CCCN[C@@H]1C[C@H]1c1ccc(F)cc1)C(=O)N1CCS(=O)(=O)CC1)c1cnn(-c2ccccc2)c1. The lowest BCUT2D eigenvalue weighted by Crippen LogP contribution is -2.53. The van der Waals surface area contributed by atoms with Gasteiger partial charge in [-0.15, -0.1) is 0 Å². The van der Waals surface area contributed by atoms with Crippen LogP contribution < -0.4 is 10.6 Å². The van der Waals surface area contributed by atoms with Gasteiger partial charge in [0.25, 0.3) is 5.91 Å². The van der Waals surface area contributed by atoms with Crippen molar-refractivity contribution < 1.29 is 22.4 Å². The number of hydrogen-bond donors (Lipinski definition) is 2. The number of halogens is 1. The summed E-state index contributed by atoms with van der Waals surface area (Å²) in [7, 11) is -3.14. The fraction of sp³-hybridized carbons (Fsp3) is 0.393. The molecule has 2 heterocycles. The van der Waals surface area contributed by atoms with Gasteiger partial charge in [-0.05, 0) is 55.6 Å². The Balaban J connectivity index is 1.19. The van der Waals surface area contributed by atoms with Gasteiger partial charge >= 0.3 is 0 Å². The molecule has 3 atom stereocenters. The molecule has 1 aliphatic heterocycles. The van der Waals surface area contributed by atoms with E-state index in [9.17, 15) is 22.4 Å². The Morgan fingerprint density at radius 1 is 1.05 bits per heavy atom. The van der Waals surface area contributed by atoms with E-state index >= 15 is 0 Å². The van der Waals surface area contributed by atoms with Crippen LogP contribution in [0, 0.1) is 5.82 Å². The Morgan fingerprint density at radius 2 is 1.77 bits per heavy atom. The van der Waals surface area contributed by atoms with Gasteiger partial charge in [0.1, 0.15) is 11.9 Å². The second-order valence-corrected chi connectivity index (χ2v) is 12.4. The fourth-order valence-corrected chi connectivity index (χ4v) is 6.11. The molecule has 0 spiro atoms. The Morgan fingerprint density at radius 3 is 2.49 bits per heavy atom. The number of benzene rings is 2. The molecule has 2 N–H and O–H groups in total. The van der Waals surface area contributed by atoms with Crippen LogP contribution in [0.2, 0.25) is 0 Å². The molecular weight excluding hydrogens is 521 g/mol. The number of carbonyl (C=O) groups excluding carboxylic acids is 2. The van der Waals surface area contributed by atoms with Gasteiger partial charge in [0, 0.05) is 31.2 Å². The van der Waals surface area contributed by atoms with Crippen molar-refractivity contribution in [3.8, 4) is 5.69 Å². The van der Waals surface area contributed by atoms with E-state index < -0.39 is 21.8 Å². The van der Waals surface area contributed by atoms with Crippen LogP contribution >= 0.6 is 0 Å². The molecule has 2 fully saturated rings. The first kappa shape index (κ1) is 27.0. The van der Waals surface area contributed by atoms with E-state index in [-0.39, 0.29) is 36.3 Å². The molecule has 1 aliphatic carbocycles. The smallest absolute Gasteiger partial charge is 0.255 e. The average Bonchev–Trinajstić information content (AvgIpc) is 3.53. The molecule has 1 saturated carbocycles. The normalized spacial score (nSPS) is 20.8. The van der Waals surface area contributed by atoms with Gasteiger partial charge in [-0.2, -0.15) is 5.10 Å². The van der Waals surface area contributed by atoms with Crippen molar-refractivity contribution in [1.82, 2.24) is 25.3 Å². The van der Waals surface area contributed by atoms with Crippen molar-refractivity contribution in [2.45, 2.75) is 37.3 Å². The maximum absolute atomic E-state index is 13.4. The summed E-state index contributed by atoms with van der Waals surface area (Å²) in [4.78, 5) is 28.0. The summed E-state index contributed by atoms with van der Waals surface area (Å²) in [5.74, 6) is -0.732. The lowest BCUT2D eigenvalue weighted by atomic mass is 10.1. The molecule has 39 heavy (non-hydrogen) atoms. The first-order valence-corrected chi connectivity index (χ1v) is 15.0. The zero-order valence-corrected chi connectivity index (χ0v) is 22.3. The summed E-state index contributed by atoms with van der Waals surface area (Å²) in [6, 6.07) is 15.5. The molecular formula is C28H32FN5O4S. The summed E-state index contributed by atoms with van der Waals surface area (Å²) < 4.78 is 38.5. The Bertz CT molecular complexity index is 1400. The summed E-state index contributed by atoms with van der Waals surface area (Å²) in [5.41, 5.74) is 2.24. The van der Waals surface area contributed by atoms with Crippen LogP contribution in [0.15, 0.2) is 67.0 Å². The van der Waals surface area contributed by atoms with Crippen LogP contribution in [0.4, 0.5) is 4.39 Å². The molecule has 206 valence electrons. The minimum Gasteiger partial charge on any atom is -0.340 e. The van der Waals surface area contributed by atoms with Gasteiger partial charge in [-0.25, -0.2) is 17.5 Å². The molecule has 5 rings (SSSR count). The van der Waals surface area contributed by atoms with Gasteiger partial charge in [0.05, 0.1) is 29.0 Å². The highest BCUT2D eigenvalue weighted by Gasteiger charge is 2.38. The zero-order chi connectivity index (χ0) is 27.4. The van der Waals surface area contributed by atoms with Crippen LogP contribution in [0.3, 0.4) is 0 Å². The highest BCUT2D eigenvalue weighted by molar-refractivity contribution is 7.91. The van der Waals surface area contributed by atoms with Crippen molar-refractivity contribution in [1.29, 1.82) is 0 Å². The van der Waals surface area contributed by atoms with Crippen molar-refractivity contribution >= 4 is 21.7 Å². The monoisotopic (exact) mass is 553 g/mol. The Labute approximate surface area is 227 Å². The molecule has 9 nitrogen and oxygen atoms in total. The highest BCUT2D eigenvalue weighted by atomic mass is 32.2. The van der Waals surface area contributed by atoms with Crippen molar-refractivity contribution in [3.05, 3.63) is 83.9 Å². The van der Waals surface area contributed by atoms with Crippen LogP contribution in [-0.2, 0) is 14.6 Å². The molecule has 3 aromatic rings. The van der Waals surface area contributed by atoms with E-state index in [1.807, 2.05) is 42.5 Å². The zero-order valence-electron chi connectivity index (χ0n) is 21.5. The number of nitrogens with one attached hydrogen (secondary N) is 2. The number of aromatic nitrogens is 2. The third kappa shape index (κ3) is 6.90. The van der Waals surface area contributed by atoms with Crippen molar-refractivity contribution in [2.75, 3.05) is 31.1 Å². The molecule has 0 bridgehead atoms. The minimum absolute atomic E-state index is 0.0722. The maximum atomic E-state index is 13.4. The van der Waals surface area contributed by atoms with E-state index in [0.717, 1.165) is 17.7 Å². The number of amides is 2. The second kappa shape index (κ2) is 11.7. The predicted octanol–water partition coefficient (Wildman–Crippen LogP) is 2.29. The van der Waals surface area contributed by atoms with E-state index in [4.69, 9.17) is 0 Å². The summed E-state index contributed by atoms with van der Waals surface area (Å²) in [6.07, 6.45) is 5.09. The quantitative estimate of drug-likeness (QED) is 0.373. The van der Waals surface area contributed by atoms with E-state index in [1.165, 1.54) is 23.2 Å². The Kier molecular flexibility index (Phi) is 8.08. The molecule has 0 radical (unpaired) electrons. The molecule has 1 saturated heterocycles. The van der Waals surface area contributed by atoms with Crippen LogP contribution in [0.25, 0.3) is 5.69 Å². The maximum Gasteiger partial charge on any atom is 0.255 e. The summed E-state index contributed by atoms with van der Waals surface area (Å²) >= 11 is 0. The standard InChI is InChI=1S/C28H32FN5O4S/c29-22-10-8-20(9-11-22)24-17-26(24)30-12-4-7-25(28(36)33-13-15-39(37,38)16-14-33)32-27(35)21-18-31-34(19-21)23-5-2-1-3-6-23/h1-3,5-6,8-11,18-19,24-26,30H,4,7,12-17H2,(H,32,35)/t24-,25-,26+/m0/s1. The number of nitrogens with zero attached hydrogens (tertiary/aromatic N) is 3. The number of rotatable bonds is 10. The van der Waals surface area contributed by atoms with E-state index in [1.54, 1.807) is 10.9 Å². The third-order valence-electron chi connectivity index (χ3n) is 7.29. The number of carbonyl (C=O) groups is 2. The first-order chi connectivity index (χ1) is 18.8. The first-order valence-electron chi connectivity index (χ1n) is 13.2. The van der Waals surface area contributed by atoms with Crippen molar-refractivity contribution in [3.63, 3.8) is 0 Å². The molecule has 11 heteroatoms. The largest absolute Gasteiger partial charge is 0.340 e.